The zero-order valence-electron chi connectivity index (χ0n) is 14.6. The van der Waals surface area contributed by atoms with Crippen LogP contribution >= 0.6 is 11.3 Å². The molecule has 4 rings (SSSR count). The van der Waals surface area contributed by atoms with E-state index in [0.717, 1.165) is 51.4 Å². The Hall–Kier alpha value is -2.18. The van der Waals surface area contributed by atoms with Gasteiger partial charge in [-0.2, -0.15) is 0 Å². The highest BCUT2D eigenvalue weighted by Crippen LogP contribution is 2.36. The van der Waals surface area contributed by atoms with Crippen LogP contribution in [0.4, 0.5) is 5.69 Å². The van der Waals surface area contributed by atoms with Gasteiger partial charge in [0, 0.05) is 47.3 Å². The second-order valence-electron chi connectivity index (χ2n) is 6.11. The van der Waals surface area contributed by atoms with Gasteiger partial charge < -0.3 is 9.64 Å². The van der Waals surface area contributed by atoms with Gasteiger partial charge in [-0.05, 0) is 29.8 Å². The van der Waals surface area contributed by atoms with Crippen LogP contribution in [0.15, 0.2) is 54.7 Å². The van der Waals surface area contributed by atoms with Gasteiger partial charge >= 0.3 is 0 Å². The number of rotatable bonds is 4. The van der Waals surface area contributed by atoms with Gasteiger partial charge in [0.1, 0.15) is 10.8 Å². The molecule has 0 spiro atoms. The lowest BCUT2D eigenvalue weighted by molar-refractivity contribution is 0.416. The lowest BCUT2D eigenvalue weighted by Gasteiger charge is -2.28. The van der Waals surface area contributed by atoms with Crippen LogP contribution in [0, 0.1) is 0 Å². The van der Waals surface area contributed by atoms with E-state index in [1.165, 1.54) is 5.69 Å². The van der Waals surface area contributed by atoms with Gasteiger partial charge in [0.25, 0.3) is 0 Å². The molecule has 0 unspecified atom stereocenters. The Labute approximate surface area is 159 Å². The van der Waals surface area contributed by atoms with Crippen LogP contribution in [0.2, 0.25) is 0 Å². The first kappa shape index (κ1) is 17.2. The lowest BCUT2D eigenvalue weighted by atomic mass is 10.1. The monoisotopic (exact) mass is 384 g/mol. The van der Waals surface area contributed by atoms with Gasteiger partial charge in [0.2, 0.25) is 0 Å². The van der Waals surface area contributed by atoms with E-state index >= 15 is 0 Å². The number of thiazole rings is 1. The predicted octanol–water partition coefficient (Wildman–Crippen LogP) is 4.05. The van der Waals surface area contributed by atoms with Gasteiger partial charge in [-0.1, -0.05) is 24.3 Å². The van der Waals surface area contributed by atoms with Gasteiger partial charge in [0.05, 0.1) is 17.6 Å². The maximum Gasteiger partial charge on any atom is 0.129 e. The molecule has 1 fully saturated rings. The molecule has 6 heteroatoms. The summed E-state index contributed by atoms with van der Waals surface area (Å²) in [6, 6.07) is 16.5. The van der Waals surface area contributed by atoms with Crippen molar-refractivity contribution in [3.05, 3.63) is 54.7 Å². The fourth-order valence-electron chi connectivity index (χ4n) is 3.09. The SMILES string of the molecule is COc1ccccc1-c1ncc(-c2ccc(N3CCS(=O)CC3)cc2)s1. The molecule has 1 aromatic heterocycles. The van der Waals surface area contributed by atoms with Crippen LogP contribution in [0.25, 0.3) is 21.0 Å². The molecular formula is C20H20N2O2S2. The van der Waals surface area contributed by atoms with Crippen molar-refractivity contribution < 1.29 is 8.95 Å². The fraction of sp³-hybridized carbons (Fsp3) is 0.250. The predicted molar refractivity (Wildman–Crippen MR) is 110 cm³/mol. The zero-order chi connectivity index (χ0) is 17.9. The summed E-state index contributed by atoms with van der Waals surface area (Å²) in [5.74, 6) is 2.36. The second kappa shape index (κ2) is 7.60. The molecule has 26 heavy (non-hydrogen) atoms. The van der Waals surface area contributed by atoms with Crippen molar-refractivity contribution in [2.75, 3.05) is 36.6 Å². The number of hydrogen-bond donors (Lipinski definition) is 0. The summed E-state index contributed by atoms with van der Waals surface area (Å²) in [5.41, 5.74) is 3.37. The highest BCUT2D eigenvalue weighted by molar-refractivity contribution is 7.85. The molecule has 1 aliphatic heterocycles. The van der Waals surface area contributed by atoms with Crippen molar-refractivity contribution in [1.29, 1.82) is 0 Å². The summed E-state index contributed by atoms with van der Waals surface area (Å²) in [5, 5.41) is 0.958. The molecule has 4 nitrogen and oxygen atoms in total. The fourth-order valence-corrected chi connectivity index (χ4v) is 5.09. The molecule has 2 heterocycles. The van der Waals surface area contributed by atoms with Crippen LogP contribution in [-0.2, 0) is 10.8 Å². The number of hydrogen-bond acceptors (Lipinski definition) is 5. The maximum atomic E-state index is 11.5. The molecule has 2 aromatic carbocycles. The van der Waals surface area contributed by atoms with E-state index in [0.29, 0.717) is 0 Å². The average Bonchev–Trinajstić information content (AvgIpc) is 3.19. The largest absolute Gasteiger partial charge is 0.496 e. The first-order chi connectivity index (χ1) is 12.7. The lowest BCUT2D eigenvalue weighted by Crippen LogP contribution is -2.37. The maximum absolute atomic E-state index is 11.5. The molecule has 134 valence electrons. The van der Waals surface area contributed by atoms with E-state index in [9.17, 15) is 4.21 Å². The summed E-state index contributed by atoms with van der Waals surface area (Å²) < 4.78 is 17.0. The number of ether oxygens (including phenoxy) is 1. The standard InChI is InChI=1S/C20H20N2O2S2/c1-24-18-5-3-2-4-17(18)20-21-14-19(25-20)15-6-8-16(9-7-15)22-10-12-26(23)13-11-22/h2-9,14H,10-13H2,1H3. The van der Waals surface area contributed by atoms with Crippen molar-refractivity contribution in [1.82, 2.24) is 4.98 Å². The highest BCUT2D eigenvalue weighted by atomic mass is 32.2. The number of nitrogens with zero attached hydrogens (tertiary/aromatic N) is 2. The molecule has 0 N–H and O–H groups in total. The smallest absolute Gasteiger partial charge is 0.129 e. The van der Waals surface area contributed by atoms with E-state index in [1.807, 2.05) is 30.5 Å². The Morgan fingerprint density at radius 2 is 1.81 bits per heavy atom. The molecule has 0 atom stereocenters. The molecule has 0 amide bonds. The first-order valence-corrected chi connectivity index (χ1v) is 10.8. The molecule has 0 bridgehead atoms. The third kappa shape index (κ3) is 3.52. The molecule has 3 aromatic rings. The Kier molecular flexibility index (Phi) is 5.04. The highest BCUT2D eigenvalue weighted by Gasteiger charge is 2.16. The van der Waals surface area contributed by atoms with E-state index < -0.39 is 10.8 Å². The van der Waals surface area contributed by atoms with E-state index in [-0.39, 0.29) is 0 Å². The van der Waals surface area contributed by atoms with Gasteiger partial charge in [-0.3, -0.25) is 4.21 Å². The second-order valence-corrected chi connectivity index (χ2v) is 8.84. The van der Waals surface area contributed by atoms with E-state index in [4.69, 9.17) is 4.74 Å². The average molecular weight is 385 g/mol. The summed E-state index contributed by atoms with van der Waals surface area (Å²) >= 11 is 1.67. The topological polar surface area (TPSA) is 42.4 Å². The third-order valence-corrected chi connectivity index (χ3v) is 6.89. The minimum absolute atomic E-state index is 0.646. The Balaban J connectivity index is 1.55. The zero-order valence-corrected chi connectivity index (χ0v) is 16.2. The molecule has 1 saturated heterocycles. The van der Waals surface area contributed by atoms with Crippen LogP contribution in [-0.4, -0.2) is 40.9 Å². The molecule has 0 radical (unpaired) electrons. The van der Waals surface area contributed by atoms with E-state index in [2.05, 4.69) is 34.1 Å². The number of para-hydroxylation sites is 1. The van der Waals surface area contributed by atoms with Crippen molar-refractivity contribution in [2.24, 2.45) is 0 Å². The number of benzene rings is 2. The van der Waals surface area contributed by atoms with E-state index in [1.54, 1.807) is 18.4 Å². The number of aromatic nitrogens is 1. The normalized spacial score (nSPS) is 15.2. The molecule has 1 aliphatic rings. The van der Waals surface area contributed by atoms with Gasteiger partial charge in [-0.25, -0.2) is 4.98 Å². The van der Waals surface area contributed by atoms with Crippen LogP contribution < -0.4 is 9.64 Å². The van der Waals surface area contributed by atoms with Crippen LogP contribution in [0.3, 0.4) is 0 Å². The first-order valence-electron chi connectivity index (χ1n) is 8.54. The van der Waals surface area contributed by atoms with Crippen molar-refractivity contribution in [3.63, 3.8) is 0 Å². The van der Waals surface area contributed by atoms with Crippen molar-refractivity contribution in [2.45, 2.75) is 0 Å². The minimum atomic E-state index is -0.646. The van der Waals surface area contributed by atoms with Crippen LogP contribution in [0.1, 0.15) is 0 Å². The number of anilines is 1. The molecule has 0 aliphatic carbocycles. The van der Waals surface area contributed by atoms with Gasteiger partial charge in [0.15, 0.2) is 0 Å². The van der Waals surface area contributed by atoms with Crippen molar-refractivity contribution >= 4 is 27.8 Å². The van der Waals surface area contributed by atoms with Gasteiger partial charge in [-0.15, -0.1) is 11.3 Å². The summed E-state index contributed by atoms with van der Waals surface area (Å²) in [7, 11) is 1.04. The summed E-state index contributed by atoms with van der Waals surface area (Å²) in [6.07, 6.45) is 1.92. The molecule has 0 saturated carbocycles. The summed E-state index contributed by atoms with van der Waals surface area (Å²) in [6.45, 7) is 1.73. The minimum Gasteiger partial charge on any atom is -0.496 e. The van der Waals surface area contributed by atoms with Crippen molar-refractivity contribution in [3.8, 4) is 26.8 Å². The molecular weight excluding hydrogens is 364 g/mol. The Bertz CT molecular complexity index is 912. The van der Waals surface area contributed by atoms with Crippen LogP contribution in [0.5, 0.6) is 5.75 Å². The quantitative estimate of drug-likeness (QED) is 0.680. The Morgan fingerprint density at radius 3 is 2.54 bits per heavy atom. The third-order valence-electron chi connectivity index (χ3n) is 4.54. The number of methoxy groups -OCH3 is 1. The summed E-state index contributed by atoms with van der Waals surface area (Å²) in [4.78, 5) is 8.03. The Morgan fingerprint density at radius 1 is 1.08 bits per heavy atom.